The Morgan fingerprint density at radius 1 is 0.194 bits per heavy atom. The molecule has 0 radical (unpaired) electrons. The van der Waals surface area contributed by atoms with Crippen LogP contribution in [0.4, 0.5) is 0 Å². The van der Waals surface area contributed by atoms with Crippen LogP contribution in [0.5, 0.6) is 23.0 Å². The minimum absolute atomic E-state index is 0.200. The van der Waals surface area contributed by atoms with Gasteiger partial charge >= 0.3 is 0 Å². The van der Waals surface area contributed by atoms with E-state index < -0.39 is 10.8 Å². The Morgan fingerprint density at radius 2 is 0.515 bits per heavy atom. The largest absolute Gasteiger partial charge is 0.457 e. The summed E-state index contributed by atoms with van der Waals surface area (Å²) in [5.74, 6) is 4.55. The van der Waals surface area contributed by atoms with E-state index in [1.54, 1.807) is 0 Å². The normalized spacial score (nSPS) is 14.1. The predicted octanol–water partition coefficient (Wildman–Crippen LogP) is 23.8. The number of hydrogen-bond acceptors (Lipinski definition) is 6. The van der Waals surface area contributed by atoms with Crippen molar-refractivity contribution in [2.75, 3.05) is 0 Å². The number of benzene rings is 14. The topological polar surface area (TPSA) is 70.0 Å². The van der Waals surface area contributed by atoms with Gasteiger partial charge in [-0.15, -0.1) is 0 Å². The first-order valence-electron chi connectivity index (χ1n) is 35.4. The highest BCUT2D eigenvalue weighted by Gasteiger charge is 2.53. The molecule has 0 saturated carbocycles. The molecule has 0 amide bonds. The van der Waals surface area contributed by atoms with E-state index in [0.717, 1.165) is 124 Å². The zero-order valence-corrected chi connectivity index (χ0v) is 56.4. The Balaban J connectivity index is 0.662. The van der Waals surface area contributed by atoms with Crippen molar-refractivity contribution in [3.63, 3.8) is 0 Å². The summed E-state index contributed by atoms with van der Waals surface area (Å²) in [5.41, 5.74) is 31.6. The van der Waals surface area contributed by atoms with Crippen LogP contribution >= 0.6 is 0 Å². The van der Waals surface area contributed by atoms with Gasteiger partial charge in [-0.25, -0.2) is 19.9 Å². The molecule has 6 heteroatoms. The second-order valence-electron chi connectivity index (χ2n) is 28.3. The van der Waals surface area contributed by atoms with Crippen molar-refractivity contribution in [3.05, 3.63) is 395 Å². The molecule has 3 aliphatic carbocycles. The Kier molecular flexibility index (Phi) is 12.8. The van der Waals surface area contributed by atoms with Gasteiger partial charge in [0.2, 0.25) is 0 Å². The Bertz CT molecular complexity index is 6070. The van der Waals surface area contributed by atoms with Gasteiger partial charge in [0.15, 0.2) is 11.6 Å². The van der Waals surface area contributed by atoms with Gasteiger partial charge in [-0.3, -0.25) is 0 Å². The summed E-state index contributed by atoms with van der Waals surface area (Å²) in [5, 5.41) is 0. The van der Waals surface area contributed by atoms with Crippen molar-refractivity contribution in [3.8, 4) is 146 Å². The second kappa shape index (κ2) is 22.4. The molecular formula is C97H62N4O2. The van der Waals surface area contributed by atoms with Crippen LogP contribution in [-0.2, 0) is 16.2 Å². The van der Waals surface area contributed by atoms with Crippen LogP contribution in [0.3, 0.4) is 0 Å². The minimum atomic E-state index is -0.687. The highest BCUT2D eigenvalue weighted by molar-refractivity contribution is 5.93. The molecule has 482 valence electrons. The summed E-state index contributed by atoms with van der Waals surface area (Å²) >= 11 is 0. The first kappa shape index (κ1) is 58.8. The molecule has 21 rings (SSSR count). The lowest BCUT2D eigenvalue weighted by Crippen LogP contribution is -2.32. The SMILES string of the molecule is CC1(C)c2ccccc2-c2ccc(-c3cc(-c4ccc(-c5ccc6c(c5)C5(c7ccc(-c8ccc(-c9nc(-c%10ccccc%10)cc(-c%10ccccc%10)n9)cc8)cc7O6)c6ccccc6-c6ccccc65)cc4)nc(-c4ccc5c(c4)Oc4ccccc4C54c5ccccc5-c5ccccc54)n3)cc21. The maximum absolute atomic E-state index is 7.23. The van der Waals surface area contributed by atoms with Crippen molar-refractivity contribution in [1.82, 2.24) is 19.9 Å². The standard InChI is InChI=1S/C97H62N4O2/c1-95(2)75-30-14-9-25-69(75)74-49-45-67(54-83(74)95)88-58-87(100-94(101-88)68-47-51-81-92(56-68)102-89-36-20-19-35-80(89)96(81)76-31-15-10-26-70(76)71-27-11-16-32-77(71)96)63-41-37-59(38-42-63)65-48-52-90-84(53-65)97(78-33-17-12-28-72(78)73-29-13-18-34-79(73)97)82-50-46-66(55-91(82)103-90)60-39-43-64(44-40-60)93-98-85(61-21-5-3-6-22-61)57-86(99-93)62-23-7-4-8-24-62/h3-58H,1-2H3. The van der Waals surface area contributed by atoms with Crippen molar-refractivity contribution in [2.45, 2.75) is 30.1 Å². The molecule has 0 atom stereocenters. The van der Waals surface area contributed by atoms with E-state index in [4.69, 9.17) is 29.4 Å². The molecule has 0 saturated heterocycles. The summed E-state index contributed by atoms with van der Waals surface area (Å²) in [6, 6.07) is 122. The maximum atomic E-state index is 7.23. The lowest BCUT2D eigenvalue weighted by molar-refractivity contribution is 0.436. The van der Waals surface area contributed by atoms with Gasteiger partial charge < -0.3 is 9.47 Å². The van der Waals surface area contributed by atoms with Crippen LogP contribution in [-0.4, -0.2) is 19.9 Å². The highest BCUT2D eigenvalue weighted by Crippen LogP contribution is 2.65. The fourth-order valence-corrected chi connectivity index (χ4v) is 17.7. The fraction of sp³-hybridized carbons (Fsp3) is 0.0515. The molecule has 0 unspecified atom stereocenters. The van der Waals surface area contributed by atoms with Gasteiger partial charge in [-0.2, -0.15) is 0 Å². The average molecular weight is 1320 g/mol. The molecule has 5 aliphatic rings. The number of ether oxygens (including phenoxy) is 2. The summed E-state index contributed by atoms with van der Waals surface area (Å²) in [7, 11) is 0. The smallest absolute Gasteiger partial charge is 0.160 e. The van der Waals surface area contributed by atoms with E-state index in [1.807, 2.05) is 36.4 Å². The Labute approximate surface area is 597 Å². The molecule has 4 heterocycles. The molecule has 2 aromatic heterocycles. The number of hydrogen-bond donors (Lipinski definition) is 0. The molecule has 103 heavy (non-hydrogen) atoms. The third kappa shape index (κ3) is 8.74. The van der Waals surface area contributed by atoms with E-state index in [0.29, 0.717) is 11.6 Å². The quantitative estimate of drug-likeness (QED) is 0.151. The molecule has 0 bridgehead atoms. The van der Waals surface area contributed by atoms with E-state index in [2.05, 4.69) is 317 Å². The number of rotatable bonds is 8. The summed E-state index contributed by atoms with van der Waals surface area (Å²) < 4.78 is 14.3. The second-order valence-corrected chi connectivity index (χ2v) is 28.3. The first-order valence-corrected chi connectivity index (χ1v) is 35.4. The van der Waals surface area contributed by atoms with Crippen LogP contribution in [0.15, 0.2) is 340 Å². The Hall–Kier alpha value is -13.2. The third-order valence-corrected chi connectivity index (χ3v) is 22.5. The average Bonchev–Trinajstić information content (AvgIpc) is 1.55. The number of fused-ring (bicyclic) bond motifs is 21. The molecule has 14 aromatic carbocycles. The monoisotopic (exact) mass is 1310 g/mol. The first-order chi connectivity index (χ1) is 50.7. The molecule has 16 aromatic rings. The van der Waals surface area contributed by atoms with Crippen molar-refractivity contribution >= 4 is 0 Å². The number of aromatic nitrogens is 4. The van der Waals surface area contributed by atoms with Crippen molar-refractivity contribution in [2.24, 2.45) is 0 Å². The van der Waals surface area contributed by atoms with Crippen LogP contribution in [0.25, 0.3) is 123 Å². The van der Waals surface area contributed by atoms with Crippen LogP contribution in [0.1, 0.15) is 69.5 Å². The summed E-state index contributed by atoms with van der Waals surface area (Å²) in [6.07, 6.45) is 0. The van der Waals surface area contributed by atoms with Gasteiger partial charge in [-0.1, -0.05) is 305 Å². The highest BCUT2D eigenvalue weighted by atomic mass is 16.5. The van der Waals surface area contributed by atoms with Gasteiger partial charge in [-0.05, 0) is 138 Å². The lowest BCUT2D eigenvalue weighted by atomic mass is 9.65. The molecule has 2 aliphatic heterocycles. The molecule has 6 nitrogen and oxygen atoms in total. The van der Waals surface area contributed by atoms with Gasteiger partial charge in [0.05, 0.1) is 33.6 Å². The predicted molar refractivity (Wildman–Crippen MR) is 413 cm³/mol. The van der Waals surface area contributed by atoms with Gasteiger partial charge in [0.25, 0.3) is 0 Å². The van der Waals surface area contributed by atoms with Gasteiger partial charge in [0.1, 0.15) is 23.0 Å². The third-order valence-electron chi connectivity index (χ3n) is 22.5. The van der Waals surface area contributed by atoms with E-state index >= 15 is 0 Å². The summed E-state index contributed by atoms with van der Waals surface area (Å²) in [6.45, 7) is 4.67. The molecule has 0 N–H and O–H groups in total. The maximum Gasteiger partial charge on any atom is 0.160 e. The zero-order valence-electron chi connectivity index (χ0n) is 56.4. The Morgan fingerprint density at radius 3 is 1.05 bits per heavy atom. The van der Waals surface area contributed by atoms with E-state index in [-0.39, 0.29) is 5.41 Å². The number of nitrogens with zero attached hydrogens (tertiary/aromatic N) is 4. The summed E-state index contributed by atoms with van der Waals surface area (Å²) in [4.78, 5) is 21.3. The van der Waals surface area contributed by atoms with Crippen LogP contribution < -0.4 is 9.47 Å². The van der Waals surface area contributed by atoms with E-state index in [1.165, 1.54) is 66.8 Å². The lowest BCUT2D eigenvalue weighted by Gasteiger charge is -2.40. The van der Waals surface area contributed by atoms with Crippen LogP contribution in [0, 0.1) is 0 Å². The molecule has 0 fully saturated rings. The molecular weight excluding hydrogens is 1250 g/mol. The zero-order chi connectivity index (χ0) is 68.1. The van der Waals surface area contributed by atoms with Crippen LogP contribution in [0.2, 0.25) is 0 Å². The minimum Gasteiger partial charge on any atom is -0.457 e. The number of para-hydroxylation sites is 1. The molecule has 2 spiro atoms. The van der Waals surface area contributed by atoms with E-state index in [9.17, 15) is 0 Å². The fourth-order valence-electron chi connectivity index (χ4n) is 17.7. The van der Waals surface area contributed by atoms with Crippen molar-refractivity contribution in [1.29, 1.82) is 0 Å². The van der Waals surface area contributed by atoms with Gasteiger partial charge in [0, 0.05) is 61.0 Å². The van der Waals surface area contributed by atoms with Crippen molar-refractivity contribution < 1.29 is 9.47 Å².